The summed E-state index contributed by atoms with van der Waals surface area (Å²) in [6.07, 6.45) is 3.67. The summed E-state index contributed by atoms with van der Waals surface area (Å²) in [7, 11) is 0. The first-order chi connectivity index (χ1) is 24.7. The van der Waals surface area contributed by atoms with Crippen LogP contribution < -0.4 is 0 Å². The Morgan fingerprint density at radius 1 is 0.320 bits per heavy atom. The molecule has 5 aromatic heterocycles. The molecule has 6 nitrogen and oxygen atoms in total. The maximum absolute atomic E-state index is 5.02. The summed E-state index contributed by atoms with van der Waals surface area (Å²) in [5.74, 6) is 0.626. The molecule has 0 spiro atoms. The van der Waals surface area contributed by atoms with E-state index in [9.17, 15) is 0 Å². The number of aromatic nitrogens is 6. The first kappa shape index (κ1) is 28.1. The first-order valence-electron chi connectivity index (χ1n) is 16.5. The predicted octanol–water partition coefficient (Wildman–Crippen LogP) is 10.5. The minimum Gasteiger partial charge on any atom is -0.254 e. The summed E-state index contributed by atoms with van der Waals surface area (Å²) in [6.45, 7) is 0. The number of benzene rings is 5. The van der Waals surface area contributed by atoms with E-state index in [1.54, 1.807) is 0 Å². The van der Waals surface area contributed by atoms with Gasteiger partial charge in [-0.1, -0.05) is 91.0 Å². The fourth-order valence-corrected chi connectivity index (χ4v) is 6.69. The lowest BCUT2D eigenvalue weighted by Gasteiger charge is -2.09. The summed E-state index contributed by atoms with van der Waals surface area (Å²) in [5, 5.41) is 5.34. The Morgan fingerprint density at radius 2 is 0.860 bits per heavy atom. The van der Waals surface area contributed by atoms with Gasteiger partial charge in [-0.3, -0.25) is 4.98 Å². The molecule has 0 fully saturated rings. The van der Waals surface area contributed by atoms with Gasteiger partial charge in [0.25, 0.3) is 0 Å². The highest BCUT2D eigenvalue weighted by atomic mass is 14.9. The Hall–Kier alpha value is -6.92. The van der Waals surface area contributed by atoms with E-state index in [0.29, 0.717) is 5.82 Å². The molecule has 0 aliphatic heterocycles. The van der Waals surface area contributed by atoms with Crippen molar-refractivity contribution in [3.8, 4) is 45.2 Å². The molecule has 6 heteroatoms. The monoisotopic (exact) mass is 638 g/mol. The van der Waals surface area contributed by atoms with Crippen molar-refractivity contribution in [1.82, 2.24) is 29.9 Å². The predicted molar refractivity (Wildman–Crippen MR) is 202 cm³/mol. The standard InChI is InChI=1S/C44H26N6/c1-2-6-36-35(4-1)26-46-44(50-36)41-22-17-34-25-32(15-20-40(34)48-41)31-14-19-39-33(24-31)16-21-37(47-39)27-7-9-28(10-8-27)38-18-13-30-12-11-29-5-3-23-45-42(29)43(30)49-38/h1-26H. The van der Waals surface area contributed by atoms with Crippen LogP contribution in [0.25, 0.3) is 99.7 Å². The van der Waals surface area contributed by atoms with Crippen molar-refractivity contribution >= 4 is 54.5 Å². The molecular formula is C44H26N6. The lowest BCUT2D eigenvalue weighted by atomic mass is 10.0. The molecule has 0 radical (unpaired) electrons. The maximum atomic E-state index is 5.02. The van der Waals surface area contributed by atoms with Crippen molar-refractivity contribution in [2.24, 2.45) is 0 Å². The van der Waals surface area contributed by atoms with E-state index < -0.39 is 0 Å². The molecule has 5 aromatic carbocycles. The lowest BCUT2D eigenvalue weighted by Crippen LogP contribution is -1.93. The summed E-state index contributed by atoms with van der Waals surface area (Å²) in [4.78, 5) is 28.8. The second-order valence-electron chi connectivity index (χ2n) is 12.4. The van der Waals surface area contributed by atoms with E-state index >= 15 is 0 Å². The number of para-hydroxylation sites is 1. The largest absolute Gasteiger partial charge is 0.254 e. The minimum atomic E-state index is 0.626. The van der Waals surface area contributed by atoms with Crippen LogP contribution in [0.4, 0.5) is 0 Å². The maximum Gasteiger partial charge on any atom is 0.178 e. The minimum absolute atomic E-state index is 0.626. The van der Waals surface area contributed by atoms with E-state index in [4.69, 9.17) is 19.9 Å². The topological polar surface area (TPSA) is 77.3 Å². The Bertz CT molecular complexity index is 2940. The highest BCUT2D eigenvalue weighted by Crippen LogP contribution is 2.31. The summed E-state index contributed by atoms with van der Waals surface area (Å²) in [5.41, 5.74) is 11.6. The van der Waals surface area contributed by atoms with Crippen molar-refractivity contribution < 1.29 is 0 Å². The first-order valence-corrected chi connectivity index (χ1v) is 16.5. The van der Waals surface area contributed by atoms with E-state index in [-0.39, 0.29) is 0 Å². The van der Waals surface area contributed by atoms with Gasteiger partial charge in [-0.05, 0) is 65.7 Å². The molecule has 0 atom stereocenters. The third-order valence-electron chi connectivity index (χ3n) is 9.34. The van der Waals surface area contributed by atoms with Crippen molar-refractivity contribution in [2.75, 3.05) is 0 Å². The van der Waals surface area contributed by atoms with Gasteiger partial charge in [0.2, 0.25) is 0 Å². The molecule has 0 amide bonds. The summed E-state index contributed by atoms with van der Waals surface area (Å²) < 4.78 is 0. The van der Waals surface area contributed by atoms with Gasteiger partial charge in [-0.15, -0.1) is 0 Å². The quantitative estimate of drug-likeness (QED) is 0.179. The summed E-state index contributed by atoms with van der Waals surface area (Å²) >= 11 is 0. The molecular weight excluding hydrogens is 613 g/mol. The van der Waals surface area contributed by atoms with E-state index in [1.807, 2.05) is 48.8 Å². The Labute approximate surface area is 286 Å². The van der Waals surface area contributed by atoms with Gasteiger partial charge >= 0.3 is 0 Å². The average Bonchev–Trinajstić information content (AvgIpc) is 3.19. The molecule has 0 aliphatic carbocycles. The lowest BCUT2D eigenvalue weighted by molar-refractivity contribution is 1.19. The number of pyridine rings is 4. The number of nitrogens with zero attached hydrogens (tertiary/aromatic N) is 6. The Morgan fingerprint density at radius 3 is 1.60 bits per heavy atom. The zero-order chi connectivity index (χ0) is 33.0. The third-order valence-corrected chi connectivity index (χ3v) is 9.34. The van der Waals surface area contributed by atoms with Crippen LogP contribution in [0.15, 0.2) is 158 Å². The van der Waals surface area contributed by atoms with Crippen LogP contribution in [-0.4, -0.2) is 29.9 Å². The molecule has 0 bridgehead atoms. The molecule has 0 aliphatic rings. The molecule has 0 N–H and O–H groups in total. The highest BCUT2D eigenvalue weighted by Gasteiger charge is 2.10. The van der Waals surface area contributed by atoms with Crippen molar-refractivity contribution in [3.63, 3.8) is 0 Å². The Kier molecular flexibility index (Phi) is 6.39. The van der Waals surface area contributed by atoms with Gasteiger partial charge in [-0.25, -0.2) is 24.9 Å². The normalized spacial score (nSPS) is 11.6. The fraction of sp³-hybridized carbons (Fsp3) is 0. The molecule has 0 unspecified atom stereocenters. The van der Waals surface area contributed by atoms with Crippen LogP contribution in [0.2, 0.25) is 0 Å². The highest BCUT2D eigenvalue weighted by molar-refractivity contribution is 6.03. The van der Waals surface area contributed by atoms with Crippen LogP contribution in [0, 0.1) is 0 Å². The number of fused-ring (bicyclic) bond motifs is 6. The SMILES string of the molecule is c1ccc2nc(-c3ccc4cc(-c5ccc6nc(-c7ccc(-c8ccc9ccc%10cccnc%10c9n8)cc7)ccc6c5)ccc4n3)ncc2c1. The number of rotatable bonds is 4. The second-order valence-corrected chi connectivity index (χ2v) is 12.4. The number of hydrogen-bond donors (Lipinski definition) is 0. The zero-order valence-corrected chi connectivity index (χ0v) is 26.7. The molecule has 0 saturated heterocycles. The van der Waals surface area contributed by atoms with Crippen LogP contribution in [0.1, 0.15) is 0 Å². The van der Waals surface area contributed by atoms with Crippen LogP contribution >= 0.6 is 0 Å². The number of hydrogen-bond acceptors (Lipinski definition) is 6. The molecule has 232 valence electrons. The van der Waals surface area contributed by atoms with E-state index in [0.717, 1.165) is 93.9 Å². The molecule has 5 heterocycles. The van der Waals surface area contributed by atoms with E-state index in [2.05, 4.69) is 119 Å². The van der Waals surface area contributed by atoms with Gasteiger partial charge in [-0.2, -0.15) is 0 Å². The smallest absolute Gasteiger partial charge is 0.178 e. The molecule has 10 aromatic rings. The van der Waals surface area contributed by atoms with Gasteiger partial charge in [0.05, 0.1) is 39.0 Å². The van der Waals surface area contributed by atoms with Gasteiger partial charge in [0, 0.05) is 50.5 Å². The van der Waals surface area contributed by atoms with Crippen LogP contribution in [0.3, 0.4) is 0 Å². The molecule has 10 rings (SSSR count). The second kappa shape index (κ2) is 11.4. The molecule has 0 saturated carbocycles. The third kappa shape index (κ3) is 4.90. The van der Waals surface area contributed by atoms with E-state index in [1.165, 1.54) is 0 Å². The molecule has 50 heavy (non-hydrogen) atoms. The van der Waals surface area contributed by atoms with Gasteiger partial charge in [0.15, 0.2) is 5.82 Å². The van der Waals surface area contributed by atoms with Crippen LogP contribution in [0.5, 0.6) is 0 Å². The average molecular weight is 639 g/mol. The summed E-state index contributed by atoms with van der Waals surface area (Å²) in [6, 6.07) is 50.0. The van der Waals surface area contributed by atoms with Crippen molar-refractivity contribution in [2.45, 2.75) is 0 Å². The van der Waals surface area contributed by atoms with Gasteiger partial charge < -0.3 is 0 Å². The van der Waals surface area contributed by atoms with Crippen molar-refractivity contribution in [1.29, 1.82) is 0 Å². The van der Waals surface area contributed by atoms with Crippen LogP contribution in [-0.2, 0) is 0 Å². The zero-order valence-electron chi connectivity index (χ0n) is 26.7. The van der Waals surface area contributed by atoms with Crippen molar-refractivity contribution in [3.05, 3.63) is 158 Å². The fourth-order valence-electron chi connectivity index (χ4n) is 6.69. The van der Waals surface area contributed by atoms with Gasteiger partial charge in [0.1, 0.15) is 5.69 Å². The Balaban J connectivity index is 0.916.